The van der Waals surface area contributed by atoms with Crippen LogP contribution >= 0.6 is 23.2 Å². The number of hydrogen-bond acceptors (Lipinski definition) is 4. The van der Waals surface area contributed by atoms with Crippen molar-refractivity contribution in [3.8, 4) is 0 Å². The minimum atomic E-state index is -0.375. The Bertz CT molecular complexity index is 836. The molecule has 0 saturated carbocycles. The molecule has 9 heteroatoms. The number of anilines is 2. The summed E-state index contributed by atoms with van der Waals surface area (Å²) in [6.45, 7) is 3.36. The Labute approximate surface area is 166 Å². The summed E-state index contributed by atoms with van der Waals surface area (Å²) in [5, 5.41) is 5.55. The largest absolute Gasteiger partial charge is 0.330 e. The molecule has 1 heterocycles. The second-order valence-corrected chi connectivity index (χ2v) is 6.40. The SMILES string of the molecule is CCN(CC(=O)Nc1ccc(NC(C)=O)cc1)C(=O)c1cc(Cl)nc(Cl)c1. The maximum atomic E-state index is 12.6. The summed E-state index contributed by atoms with van der Waals surface area (Å²) < 4.78 is 0. The van der Waals surface area contributed by atoms with E-state index in [1.54, 1.807) is 31.2 Å². The van der Waals surface area contributed by atoms with Crippen molar-refractivity contribution in [2.75, 3.05) is 23.7 Å². The van der Waals surface area contributed by atoms with Crippen LogP contribution in [0.1, 0.15) is 24.2 Å². The van der Waals surface area contributed by atoms with E-state index in [2.05, 4.69) is 15.6 Å². The molecule has 0 saturated heterocycles. The highest BCUT2D eigenvalue weighted by atomic mass is 35.5. The molecule has 0 radical (unpaired) electrons. The Morgan fingerprint density at radius 2 is 1.52 bits per heavy atom. The highest BCUT2D eigenvalue weighted by Crippen LogP contribution is 2.17. The van der Waals surface area contributed by atoms with E-state index in [9.17, 15) is 14.4 Å². The molecular formula is C18H18Cl2N4O3. The number of likely N-dealkylation sites (N-methyl/N-ethyl adjacent to an activating group) is 1. The van der Waals surface area contributed by atoms with Crippen LogP contribution in [-0.2, 0) is 9.59 Å². The lowest BCUT2D eigenvalue weighted by molar-refractivity contribution is -0.117. The highest BCUT2D eigenvalue weighted by molar-refractivity contribution is 6.33. The van der Waals surface area contributed by atoms with Crippen molar-refractivity contribution in [3.63, 3.8) is 0 Å². The topological polar surface area (TPSA) is 91.4 Å². The van der Waals surface area contributed by atoms with Gasteiger partial charge >= 0.3 is 0 Å². The van der Waals surface area contributed by atoms with Crippen molar-refractivity contribution in [2.45, 2.75) is 13.8 Å². The molecule has 2 aromatic rings. The van der Waals surface area contributed by atoms with Gasteiger partial charge in [0.05, 0.1) is 0 Å². The zero-order chi connectivity index (χ0) is 20.0. The van der Waals surface area contributed by atoms with Gasteiger partial charge in [-0.05, 0) is 43.3 Å². The van der Waals surface area contributed by atoms with Gasteiger partial charge in [-0.3, -0.25) is 14.4 Å². The van der Waals surface area contributed by atoms with E-state index in [1.165, 1.54) is 24.0 Å². The average Bonchev–Trinajstić information content (AvgIpc) is 2.59. The van der Waals surface area contributed by atoms with Crippen LogP contribution in [0, 0.1) is 0 Å². The molecule has 3 amide bonds. The van der Waals surface area contributed by atoms with Crippen LogP contribution in [0.2, 0.25) is 10.3 Å². The Morgan fingerprint density at radius 3 is 2.00 bits per heavy atom. The Hall–Kier alpha value is -2.64. The quantitative estimate of drug-likeness (QED) is 0.715. The van der Waals surface area contributed by atoms with E-state index in [0.717, 1.165) is 0 Å². The fourth-order valence-corrected chi connectivity index (χ4v) is 2.77. The molecule has 2 N–H and O–H groups in total. The first kappa shape index (κ1) is 20.7. The predicted octanol–water partition coefficient (Wildman–Crippen LogP) is 3.45. The van der Waals surface area contributed by atoms with Crippen molar-refractivity contribution < 1.29 is 14.4 Å². The number of nitrogens with zero attached hydrogens (tertiary/aromatic N) is 2. The normalized spacial score (nSPS) is 10.2. The van der Waals surface area contributed by atoms with Gasteiger partial charge in [0.15, 0.2) is 0 Å². The molecule has 0 bridgehead atoms. The minimum Gasteiger partial charge on any atom is -0.330 e. The maximum Gasteiger partial charge on any atom is 0.254 e. The summed E-state index contributed by atoms with van der Waals surface area (Å²) in [5.74, 6) is -0.913. The summed E-state index contributed by atoms with van der Waals surface area (Å²) in [6, 6.07) is 9.45. The second-order valence-electron chi connectivity index (χ2n) is 5.63. The van der Waals surface area contributed by atoms with Gasteiger partial charge in [0.2, 0.25) is 11.8 Å². The van der Waals surface area contributed by atoms with Crippen LogP contribution in [0.15, 0.2) is 36.4 Å². The zero-order valence-corrected chi connectivity index (χ0v) is 16.3. The fourth-order valence-electron chi connectivity index (χ4n) is 2.31. The zero-order valence-electron chi connectivity index (χ0n) is 14.8. The van der Waals surface area contributed by atoms with E-state index in [-0.39, 0.29) is 40.1 Å². The smallest absolute Gasteiger partial charge is 0.254 e. The minimum absolute atomic E-state index is 0.102. The van der Waals surface area contributed by atoms with Crippen LogP contribution in [0.25, 0.3) is 0 Å². The number of aromatic nitrogens is 1. The number of rotatable bonds is 6. The fraction of sp³-hybridized carbons (Fsp3) is 0.222. The molecule has 0 fully saturated rings. The molecule has 0 aliphatic heterocycles. The van der Waals surface area contributed by atoms with Gasteiger partial charge in [-0.1, -0.05) is 23.2 Å². The first-order valence-corrected chi connectivity index (χ1v) is 8.84. The molecule has 0 spiro atoms. The molecule has 7 nitrogen and oxygen atoms in total. The van der Waals surface area contributed by atoms with Gasteiger partial charge in [-0.15, -0.1) is 0 Å². The average molecular weight is 409 g/mol. The van der Waals surface area contributed by atoms with Crippen LogP contribution in [0.4, 0.5) is 11.4 Å². The third-order valence-electron chi connectivity index (χ3n) is 3.50. The predicted molar refractivity (Wildman–Crippen MR) is 105 cm³/mol. The summed E-state index contributed by atoms with van der Waals surface area (Å²) in [5.41, 5.74) is 1.43. The molecule has 142 valence electrons. The van der Waals surface area contributed by atoms with Gasteiger partial charge in [0.1, 0.15) is 16.9 Å². The van der Waals surface area contributed by atoms with Crippen molar-refractivity contribution >= 4 is 52.3 Å². The molecule has 0 aliphatic carbocycles. The van der Waals surface area contributed by atoms with Crippen molar-refractivity contribution in [3.05, 3.63) is 52.3 Å². The standard InChI is InChI=1S/C18H18Cl2N4O3/c1-3-24(18(27)12-8-15(19)23-16(20)9-12)10-17(26)22-14-6-4-13(5-7-14)21-11(2)25/h4-9H,3,10H2,1-2H3,(H,21,25)(H,22,26). The molecule has 1 aromatic carbocycles. The van der Waals surface area contributed by atoms with Gasteiger partial charge < -0.3 is 15.5 Å². The van der Waals surface area contributed by atoms with E-state index < -0.39 is 0 Å². The lowest BCUT2D eigenvalue weighted by Gasteiger charge is -2.20. The molecular weight excluding hydrogens is 391 g/mol. The first-order valence-electron chi connectivity index (χ1n) is 8.08. The monoisotopic (exact) mass is 408 g/mol. The van der Waals surface area contributed by atoms with Crippen LogP contribution in [0.3, 0.4) is 0 Å². The van der Waals surface area contributed by atoms with Crippen molar-refractivity contribution in [1.82, 2.24) is 9.88 Å². The maximum absolute atomic E-state index is 12.6. The van der Waals surface area contributed by atoms with E-state index in [0.29, 0.717) is 17.9 Å². The van der Waals surface area contributed by atoms with E-state index in [1.807, 2.05) is 0 Å². The van der Waals surface area contributed by atoms with Crippen LogP contribution < -0.4 is 10.6 Å². The number of carbonyl (C=O) groups is 3. The van der Waals surface area contributed by atoms with Crippen LogP contribution in [-0.4, -0.2) is 40.7 Å². The number of nitrogens with one attached hydrogen (secondary N) is 2. The van der Waals surface area contributed by atoms with Gasteiger partial charge in [-0.2, -0.15) is 0 Å². The van der Waals surface area contributed by atoms with Gasteiger partial charge in [-0.25, -0.2) is 4.98 Å². The first-order chi connectivity index (χ1) is 12.8. The summed E-state index contributed by atoms with van der Waals surface area (Å²) in [7, 11) is 0. The third-order valence-corrected chi connectivity index (χ3v) is 3.89. The molecule has 0 aliphatic rings. The number of amides is 3. The number of carbonyl (C=O) groups excluding carboxylic acids is 3. The lowest BCUT2D eigenvalue weighted by atomic mass is 10.2. The number of pyridine rings is 1. The van der Waals surface area contributed by atoms with E-state index in [4.69, 9.17) is 23.2 Å². The Balaban J connectivity index is 2.01. The molecule has 0 atom stereocenters. The second kappa shape index (κ2) is 9.34. The summed E-state index contributed by atoms with van der Waals surface area (Å²) >= 11 is 11.7. The summed E-state index contributed by atoms with van der Waals surface area (Å²) in [4.78, 5) is 41.0. The molecule has 2 rings (SSSR count). The lowest BCUT2D eigenvalue weighted by Crippen LogP contribution is -2.37. The number of hydrogen-bond donors (Lipinski definition) is 2. The molecule has 1 aromatic heterocycles. The van der Waals surface area contributed by atoms with E-state index >= 15 is 0 Å². The van der Waals surface area contributed by atoms with Gasteiger partial charge in [0.25, 0.3) is 5.91 Å². The van der Waals surface area contributed by atoms with Crippen LogP contribution in [0.5, 0.6) is 0 Å². The molecule has 27 heavy (non-hydrogen) atoms. The van der Waals surface area contributed by atoms with Crippen molar-refractivity contribution in [1.29, 1.82) is 0 Å². The Kier molecular flexibility index (Phi) is 7.15. The highest BCUT2D eigenvalue weighted by Gasteiger charge is 2.18. The number of benzene rings is 1. The number of halogens is 2. The third kappa shape index (κ3) is 6.23. The summed E-state index contributed by atoms with van der Waals surface area (Å²) in [6.07, 6.45) is 0. The molecule has 0 unspecified atom stereocenters. The Morgan fingerprint density at radius 1 is 1.00 bits per heavy atom. The van der Waals surface area contributed by atoms with Crippen molar-refractivity contribution in [2.24, 2.45) is 0 Å². The van der Waals surface area contributed by atoms with Gasteiger partial charge in [0, 0.05) is 30.4 Å².